The predicted octanol–water partition coefficient (Wildman–Crippen LogP) is 6.83. The molecule has 3 rings (SSSR count). The molecule has 0 bridgehead atoms. The van der Waals surface area contributed by atoms with E-state index in [4.69, 9.17) is 32.7 Å². The number of thiophene rings is 1. The van der Waals surface area contributed by atoms with E-state index < -0.39 is 0 Å². The number of nitrogens with one attached hydrogen (secondary N) is 1. The maximum absolute atomic E-state index is 13.6. The number of hydrogen-bond donors (Lipinski definition) is 1. The standard InChI is InChI=1S/C28H33Cl2N3O4S/c1-19(2)16-33(28(35)31-21-8-9-23(29)24(30)15-21)18-27(34)32(17-22-6-5-13-38-22)12-11-20-7-10-25(36-3)26(14-20)37-4/h5-10,13-15,19H,11-12,16-18H2,1-4H3,(H,31,35). The summed E-state index contributed by atoms with van der Waals surface area (Å²) in [5.41, 5.74) is 1.53. The van der Waals surface area contributed by atoms with Crippen molar-refractivity contribution < 1.29 is 19.1 Å². The number of amides is 3. The van der Waals surface area contributed by atoms with Gasteiger partial charge >= 0.3 is 6.03 Å². The summed E-state index contributed by atoms with van der Waals surface area (Å²) in [4.78, 5) is 31.2. The molecule has 0 aliphatic carbocycles. The van der Waals surface area contributed by atoms with Gasteiger partial charge in [-0.1, -0.05) is 49.2 Å². The lowest BCUT2D eigenvalue weighted by atomic mass is 10.1. The van der Waals surface area contributed by atoms with Gasteiger partial charge in [0.2, 0.25) is 5.91 Å². The Bertz CT molecular complexity index is 1220. The monoisotopic (exact) mass is 577 g/mol. The Hall–Kier alpha value is -2.94. The maximum atomic E-state index is 13.6. The first-order chi connectivity index (χ1) is 18.2. The lowest BCUT2D eigenvalue weighted by Gasteiger charge is -2.29. The fourth-order valence-electron chi connectivity index (χ4n) is 3.88. The van der Waals surface area contributed by atoms with Crippen LogP contribution >= 0.6 is 34.5 Å². The number of nitrogens with zero attached hydrogens (tertiary/aromatic N) is 2. The van der Waals surface area contributed by atoms with Gasteiger partial charge in [-0.25, -0.2) is 4.79 Å². The van der Waals surface area contributed by atoms with E-state index in [1.165, 1.54) is 4.90 Å². The van der Waals surface area contributed by atoms with Crippen LogP contribution in [-0.4, -0.2) is 55.6 Å². The third-order valence-electron chi connectivity index (χ3n) is 5.77. The van der Waals surface area contributed by atoms with Crippen molar-refractivity contribution in [3.8, 4) is 11.5 Å². The van der Waals surface area contributed by atoms with Gasteiger partial charge in [0, 0.05) is 23.7 Å². The second-order valence-electron chi connectivity index (χ2n) is 9.17. The second-order valence-corrected chi connectivity index (χ2v) is 11.0. The van der Waals surface area contributed by atoms with Crippen LogP contribution in [0.25, 0.3) is 0 Å². The SMILES string of the molecule is COc1ccc(CCN(Cc2cccs2)C(=O)CN(CC(C)C)C(=O)Nc2ccc(Cl)c(Cl)c2)cc1OC. The Morgan fingerprint density at radius 2 is 1.74 bits per heavy atom. The van der Waals surface area contributed by atoms with Gasteiger partial charge in [-0.2, -0.15) is 0 Å². The second kappa shape index (κ2) is 14.3. The molecule has 2 aromatic carbocycles. The number of carbonyl (C=O) groups is 2. The molecule has 1 heterocycles. The topological polar surface area (TPSA) is 71.1 Å². The quantitative estimate of drug-likeness (QED) is 0.256. The van der Waals surface area contributed by atoms with E-state index in [1.807, 2.05) is 49.6 Å². The normalized spacial score (nSPS) is 10.8. The van der Waals surface area contributed by atoms with E-state index in [-0.39, 0.29) is 24.4 Å². The molecular formula is C28H33Cl2N3O4S. The lowest BCUT2D eigenvalue weighted by Crippen LogP contribution is -2.46. The first-order valence-corrected chi connectivity index (χ1v) is 13.9. The van der Waals surface area contributed by atoms with Gasteiger partial charge in [-0.15, -0.1) is 11.3 Å². The van der Waals surface area contributed by atoms with E-state index >= 15 is 0 Å². The molecule has 0 unspecified atom stereocenters. The zero-order valence-corrected chi connectivity index (χ0v) is 24.3. The largest absolute Gasteiger partial charge is 0.493 e. The molecule has 0 aliphatic heterocycles. The number of anilines is 1. The number of carbonyl (C=O) groups excluding carboxylic acids is 2. The molecule has 7 nitrogen and oxygen atoms in total. The fraction of sp³-hybridized carbons (Fsp3) is 0.357. The minimum Gasteiger partial charge on any atom is -0.493 e. The van der Waals surface area contributed by atoms with E-state index in [0.717, 1.165) is 10.4 Å². The van der Waals surface area contributed by atoms with Crippen molar-refractivity contribution in [3.05, 3.63) is 74.4 Å². The van der Waals surface area contributed by atoms with Crippen molar-refractivity contribution in [1.82, 2.24) is 9.80 Å². The minimum atomic E-state index is -0.374. The third-order valence-corrected chi connectivity index (χ3v) is 7.37. The smallest absolute Gasteiger partial charge is 0.322 e. The Morgan fingerprint density at radius 3 is 2.37 bits per heavy atom. The van der Waals surface area contributed by atoms with Crippen molar-refractivity contribution in [2.45, 2.75) is 26.8 Å². The zero-order chi connectivity index (χ0) is 27.7. The average Bonchev–Trinajstić information content (AvgIpc) is 3.41. The average molecular weight is 579 g/mol. The van der Waals surface area contributed by atoms with Crippen LogP contribution < -0.4 is 14.8 Å². The summed E-state index contributed by atoms with van der Waals surface area (Å²) in [5, 5.41) is 5.57. The van der Waals surface area contributed by atoms with Crippen LogP contribution in [0.3, 0.4) is 0 Å². The number of ether oxygens (including phenoxy) is 2. The molecule has 0 saturated heterocycles. The Kier molecular flexibility index (Phi) is 11.1. The van der Waals surface area contributed by atoms with Crippen LogP contribution in [-0.2, 0) is 17.8 Å². The van der Waals surface area contributed by atoms with Crippen LogP contribution in [0.2, 0.25) is 10.0 Å². The Labute approximate surface area is 238 Å². The van der Waals surface area contributed by atoms with E-state index in [2.05, 4.69) is 5.32 Å². The van der Waals surface area contributed by atoms with Crippen molar-refractivity contribution in [2.75, 3.05) is 39.2 Å². The molecule has 1 N–H and O–H groups in total. The lowest BCUT2D eigenvalue weighted by molar-refractivity contribution is -0.132. The number of urea groups is 1. The number of benzene rings is 2. The van der Waals surface area contributed by atoms with E-state index in [1.54, 1.807) is 48.7 Å². The van der Waals surface area contributed by atoms with Gasteiger partial charge in [0.25, 0.3) is 0 Å². The number of hydrogen-bond acceptors (Lipinski definition) is 5. The van der Waals surface area contributed by atoms with Crippen LogP contribution in [0.4, 0.5) is 10.5 Å². The molecular weight excluding hydrogens is 545 g/mol. The highest BCUT2D eigenvalue weighted by atomic mass is 35.5. The molecule has 0 aliphatic rings. The number of methoxy groups -OCH3 is 2. The molecule has 10 heteroatoms. The van der Waals surface area contributed by atoms with Crippen molar-refractivity contribution in [2.24, 2.45) is 5.92 Å². The van der Waals surface area contributed by atoms with Gasteiger partial charge < -0.3 is 24.6 Å². The summed E-state index contributed by atoms with van der Waals surface area (Å²) in [6, 6.07) is 14.2. The molecule has 0 spiro atoms. The highest BCUT2D eigenvalue weighted by Crippen LogP contribution is 2.28. The molecule has 3 amide bonds. The number of rotatable bonds is 12. The van der Waals surface area contributed by atoms with Crippen molar-refractivity contribution in [3.63, 3.8) is 0 Å². The first-order valence-electron chi connectivity index (χ1n) is 12.2. The molecule has 0 radical (unpaired) electrons. The molecule has 3 aromatic rings. The summed E-state index contributed by atoms with van der Waals surface area (Å²) >= 11 is 13.7. The van der Waals surface area contributed by atoms with E-state index in [0.29, 0.717) is 53.3 Å². The predicted molar refractivity (Wildman–Crippen MR) is 155 cm³/mol. The molecule has 1 aromatic heterocycles. The van der Waals surface area contributed by atoms with Crippen molar-refractivity contribution in [1.29, 1.82) is 0 Å². The summed E-state index contributed by atoms with van der Waals surface area (Å²) in [6.45, 7) is 5.32. The Balaban J connectivity index is 1.75. The molecule has 0 saturated carbocycles. The van der Waals surface area contributed by atoms with Gasteiger partial charge in [0.15, 0.2) is 11.5 Å². The summed E-state index contributed by atoms with van der Waals surface area (Å²) < 4.78 is 10.8. The van der Waals surface area contributed by atoms with Crippen molar-refractivity contribution >= 4 is 52.2 Å². The Morgan fingerprint density at radius 1 is 0.974 bits per heavy atom. The highest BCUT2D eigenvalue weighted by Gasteiger charge is 2.23. The van der Waals surface area contributed by atoms with E-state index in [9.17, 15) is 9.59 Å². The van der Waals surface area contributed by atoms with Crippen LogP contribution in [0, 0.1) is 5.92 Å². The number of halogens is 2. The third kappa shape index (κ3) is 8.55. The molecule has 0 fully saturated rings. The maximum Gasteiger partial charge on any atom is 0.322 e. The molecule has 0 atom stereocenters. The van der Waals surface area contributed by atoms with Gasteiger partial charge in [0.1, 0.15) is 6.54 Å². The first kappa shape index (κ1) is 29.6. The van der Waals surface area contributed by atoms with Crippen LogP contribution in [0.15, 0.2) is 53.9 Å². The van der Waals surface area contributed by atoms with Gasteiger partial charge in [-0.05, 0) is 59.7 Å². The zero-order valence-electron chi connectivity index (χ0n) is 22.0. The molecule has 38 heavy (non-hydrogen) atoms. The summed E-state index contributed by atoms with van der Waals surface area (Å²) in [7, 11) is 3.19. The summed E-state index contributed by atoms with van der Waals surface area (Å²) in [6.07, 6.45) is 0.622. The summed E-state index contributed by atoms with van der Waals surface area (Å²) in [5.74, 6) is 1.33. The molecule has 204 valence electrons. The van der Waals surface area contributed by atoms with Gasteiger partial charge in [0.05, 0.1) is 30.8 Å². The fourth-order valence-corrected chi connectivity index (χ4v) is 4.90. The highest BCUT2D eigenvalue weighted by molar-refractivity contribution is 7.09. The van der Waals surface area contributed by atoms with Crippen LogP contribution in [0.1, 0.15) is 24.3 Å². The minimum absolute atomic E-state index is 0.0529. The van der Waals surface area contributed by atoms with Crippen LogP contribution in [0.5, 0.6) is 11.5 Å². The van der Waals surface area contributed by atoms with Gasteiger partial charge in [-0.3, -0.25) is 4.79 Å².